The summed E-state index contributed by atoms with van der Waals surface area (Å²) in [5, 5.41) is 3.43. The van der Waals surface area contributed by atoms with Crippen LogP contribution in [0.5, 0.6) is 5.75 Å². The molecule has 1 aromatic heterocycles. The molecule has 1 atom stereocenters. The van der Waals surface area contributed by atoms with Crippen LogP contribution in [0.15, 0.2) is 42.7 Å². The van der Waals surface area contributed by atoms with Crippen LogP contribution in [-0.2, 0) is 0 Å². The first-order valence-corrected chi connectivity index (χ1v) is 6.33. The quantitative estimate of drug-likeness (QED) is 0.863. The summed E-state index contributed by atoms with van der Waals surface area (Å²) in [5.41, 5.74) is 8.92. The molecule has 0 bridgehead atoms. The fourth-order valence-electron chi connectivity index (χ4n) is 2.07. The third-order valence-corrected chi connectivity index (χ3v) is 3.06. The fraction of sp³-hybridized carbons (Fsp3) is 0.267. The van der Waals surface area contributed by atoms with Gasteiger partial charge < -0.3 is 15.8 Å². The Morgan fingerprint density at radius 2 is 2.00 bits per heavy atom. The SMILES string of the molecule is CCNC(c1ccc(OC)cc1)c1cnccc1N. The number of ether oxygens (including phenoxy) is 1. The van der Waals surface area contributed by atoms with Crippen molar-refractivity contribution in [2.45, 2.75) is 13.0 Å². The van der Waals surface area contributed by atoms with Crippen molar-refractivity contribution in [3.8, 4) is 5.75 Å². The van der Waals surface area contributed by atoms with E-state index in [1.54, 1.807) is 13.3 Å². The van der Waals surface area contributed by atoms with Crippen LogP contribution in [-0.4, -0.2) is 18.6 Å². The number of nitrogens with one attached hydrogen (secondary N) is 1. The van der Waals surface area contributed by atoms with Crippen LogP contribution in [0.1, 0.15) is 24.1 Å². The largest absolute Gasteiger partial charge is 0.497 e. The van der Waals surface area contributed by atoms with E-state index < -0.39 is 0 Å². The minimum absolute atomic E-state index is 0.0459. The van der Waals surface area contributed by atoms with Gasteiger partial charge >= 0.3 is 0 Å². The Hall–Kier alpha value is -2.07. The number of benzene rings is 1. The van der Waals surface area contributed by atoms with Gasteiger partial charge in [-0.15, -0.1) is 0 Å². The Kier molecular flexibility index (Phi) is 4.36. The first kappa shape index (κ1) is 13.4. The Bertz CT molecular complexity index is 525. The second kappa shape index (κ2) is 6.20. The number of pyridine rings is 1. The molecule has 1 heterocycles. The summed E-state index contributed by atoms with van der Waals surface area (Å²) in [6, 6.07) is 9.85. The van der Waals surface area contributed by atoms with E-state index in [1.165, 1.54) is 0 Å². The number of hydrogen-bond acceptors (Lipinski definition) is 4. The van der Waals surface area contributed by atoms with Gasteiger partial charge in [0.1, 0.15) is 5.75 Å². The predicted octanol–water partition coefficient (Wildman–Crippen LogP) is 2.37. The van der Waals surface area contributed by atoms with Gasteiger partial charge in [-0.05, 0) is 30.3 Å². The summed E-state index contributed by atoms with van der Waals surface area (Å²) in [5.74, 6) is 0.846. The Morgan fingerprint density at radius 1 is 1.26 bits per heavy atom. The molecule has 0 aliphatic rings. The number of methoxy groups -OCH3 is 1. The molecule has 2 rings (SSSR count). The van der Waals surface area contributed by atoms with Crippen molar-refractivity contribution >= 4 is 5.69 Å². The maximum atomic E-state index is 6.04. The zero-order valence-electron chi connectivity index (χ0n) is 11.3. The maximum absolute atomic E-state index is 6.04. The smallest absolute Gasteiger partial charge is 0.118 e. The average molecular weight is 257 g/mol. The lowest BCUT2D eigenvalue weighted by atomic mass is 9.99. The molecule has 0 radical (unpaired) electrons. The molecule has 4 nitrogen and oxygen atoms in total. The highest BCUT2D eigenvalue weighted by Crippen LogP contribution is 2.27. The molecule has 0 fully saturated rings. The van der Waals surface area contributed by atoms with Gasteiger partial charge in [-0.1, -0.05) is 19.1 Å². The van der Waals surface area contributed by atoms with Crippen molar-refractivity contribution in [1.82, 2.24) is 10.3 Å². The molecule has 0 saturated carbocycles. The second-order valence-corrected chi connectivity index (χ2v) is 4.27. The summed E-state index contributed by atoms with van der Waals surface area (Å²) in [6.07, 6.45) is 3.52. The van der Waals surface area contributed by atoms with E-state index in [4.69, 9.17) is 10.5 Å². The molecular weight excluding hydrogens is 238 g/mol. The van der Waals surface area contributed by atoms with E-state index in [2.05, 4.69) is 17.2 Å². The van der Waals surface area contributed by atoms with E-state index in [0.29, 0.717) is 0 Å². The van der Waals surface area contributed by atoms with E-state index in [9.17, 15) is 0 Å². The number of nitrogens with two attached hydrogens (primary N) is 1. The molecule has 0 aliphatic heterocycles. The molecule has 3 N–H and O–H groups in total. The van der Waals surface area contributed by atoms with Gasteiger partial charge in [0.2, 0.25) is 0 Å². The molecule has 19 heavy (non-hydrogen) atoms. The molecule has 2 aromatic rings. The van der Waals surface area contributed by atoms with Gasteiger partial charge in [-0.25, -0.2) is 0 Å². The molecule has 1 unspecified atom stereocenters. The van der Waals surface area contributed by atoms with Crippen LogP contribution in [0.2, 0.25) is 0 Å². The van der Waals surface area contributed by atoms with Gasteiger partial charge in [0.25, 0.3) is 0 Å². The summed E-state index contributed by atoms with van der Waals surface area (Å²) in [4.78, 5) is 4.16. The zero-order chi connectivity index (χ0) is 13.7. The van der Waals surface area contributed by atoms with Crippen molar-refractivity contribution in [3.05, 3.63) is 53.9 Å². The summed E-state index contributed by atoms with van der Waals surface area (Å²) in [7, 11) is 1.66. The lowest BCUT2D eigenvalue weighted by Crippen LogP contribution is -2.23. The van der Waals surface area contributed by atoms with E-state index in [1.807, 2.05) is 36.5 Å². The van der Waals surface area contributed by atoms with Crippen LogP contribution >= 0.6 is 0 Å². The Morgan fingerprint density at radius 3 is 2.58 bits per heavy atom. The van der Waals surface area contributed by atoms with E-state index >= 15 is 0 Å². The number of nitrogens with zero attached hydrogens (tertiary/aromatic N) is 1. The van der Waals surface area contributed by atoms with Crippen molar-refractivity contribution < 1.29 is 4.74 Å². The Labute approximate surface area is 113 Å². The van der Waals surface area contributed by atoms with Crippen molar-refractivity contribution in [3.63, 3.8) is 0 Å². The normalized spacial score (nSPS) is 12.1. The standard InChI is InChI=1S/C15H19N3O/c1-3-18-15(13-10-17-9-8-14(13)16)11-4-6-12(19-2)7-5-11/h4-10,15,18H,3H2,1-2H3,(H2,16,17). The number of nitrogen functional groups attached to an aromatic ring is 1. The minimum atomic E-state index is 0.0459. The molecule has 1 aromatic carbocycles. The highest BCUT2D eigenvalue weighted by Gasteiger charge is 2.15. The monoisotopic (exact) mass is 257 g/mol. The fourth-order valence-corrected chi connectivity index (χ4v) is 2.07. The highest BCUT2D eigenvalue weighted by atomic mass is 16.5. The van der Waals surface area contributed by atoms with E-state index in [-0.39, 0.29) is 6.04 Å². The predicted molar refractivity (Wildman–Crippen MR) is 77.2 cm³/mol. The van der Waals surface area contributed by atoms with Gasteiger partial charge in [0.05, 0.1) is 13.2 Å². The van der Waals surface area contributed by atoms with Crippen LogP contribution in [0.3, 0.4) is 0 Å². The topological polar surface area (TPSA) is 60.2 Å². The lowest BCUT2D eigenvalue weighted by Gasteiger charge is -2.20. The molecule has 4 heteroatoms. The molecule has 0 spiro atoms. The third-order valence-electron chi connectivity index (χ3n) is 3.06. The zero-order valence-corrected chi connectivity index (χ0v) is 11.3. The van der Waals surface area contributed by atoms with Crippen molar-refractivity contribution in [1.29, 1.82) is 0 Å². The van der Waals surface area contributed by atoms with Crippen LogP contribution < -0.4 is 15.8 Å². The van der Waals surface area contributed by atoms with Crippen molar-refractivity contribution in [2.75, 3.05) is 19.4 Å². The summed E-state index contributed by atoms with van der Waals surface area (Å²) >= 11 is 0. The number of aromatic nitrogens is 1. The highest BCUT2D eigenvalue weighted by molar-refractivity contribution is 5.50. The molecule has 100 valence electrons. The maximum Gasteiger partial charge on any atom is 0.118 e. The first-order valence-electron chi connectivity index (χ1n) is 6.33. The van der Waals surface area contributed by atoms with Crippen LogP contribution in [0.25, 0.3) is 0 Å². The van der Waals surface area contributed by atoms with Gasteiger partial charge in [-0.2, -0.15) is 0 Å². The van der Waals surface area contributed by atoms with Crippen molar-refractivity contribution in [2.24, 2.45) is 0 Å². The number of rotatable bonds is 5. The average Bonchev–Trinajstić information content (AvgIpc) is 2.46. The first-order chi connectivity index (χ1) is 9.26. The second-order valence-electron chi connectivity index (χ2n) is 4.27. The number of hydrogen-bond donors (Lipinski definition) is 2. The Balaban J connectivity index is 2.36. The molecule has 0 saturated heterocycles. The van der Waals surface area contributed by atoms with Crippen LogP contribution in [0, 0.1) is 0 Å². The minimum Gasteiger partial charge on any atom is -0.497 e. The third kappa shape index (κ3) is 3.03. The van der Waals surface area contributed by atoms with Crippen LogP contribution in [0.4, 0.5) is 5.69 Å². The summed E-state index contributed by atoms with van der Waals surface area (Å²) < 4.78 is 5.18. The van der Waals surface area contributed by atoms with E-state index in [0.717, 1.165) is 29.1 Å². The lowest BCUT2D eigenvalue weighted by molar-refractivity contribution is 0.414. The van der Waals surface area contributed by atoms with Gasteiger partial charge in [0.15, 0.2) is 0 Å². The molecule has 0 aliphatic carbocycles. The van der Waals surface area contributed by atoms with Gasteiger partial charge in [0, 0.05) is 23.6 Å². The molecular formula is C15H19N3O. The molecule has 0 amide bonds. The number of anilines is 1. The summed E-state index contributed by atoms with van der Waals surface area (Å²) in [6.45, 7) is 2.92. The van der Waals surface area contributed by atoms with Gasteiger partial charge in [-0.3, -0.25) is 4.98 Å².